The molecule has 0 unspecified atom stereocenters. The third-order valence-electron chi connectivity index (χ3n) is 1.27. The summed E-state index contributed by atoms with van der Waals surface area (Å²) < 4.78 is 9.71. The molecule has 13 heavy (non-hydrogen) atoms. The molecule has 0 bridgehead atoms. The second kappa shape index (κ2) is 9.83. The van der Waals surface area contributed by atoms with Crippen molar-refractivity contribution in [3.63, 3.8) is 0 Å². The van der Waals surface area contributed by atoms with Crippen LogP contribution < -0.4 is 0 Å². The van der Waals surface area contributed by atoms with E-state index in [1.807, 2.05) is 0 Å². The highest BCUT2D eigenvalue weighted by atomic mass is 32.1. The average molecular weight is 208 g/mol. The highest BCUT2D eigenvalue weighted by Gasteiger charge is 2.00. The molecule has 0 aliphatic carbocycles. The van der Waals surface area contributed by atoms with E-state index in [2.05, 4.69) is 12.6 Å². The summed E-state index contributed by atoms with van der Waals surface area (Å²) in [5.41, 5.74) is 0. The van der Waals surface area contributed by atoms with Crippen LogP contribution in [0.25, 0.3) is 0 Å². The van der Waals surface area contributed by atoms with Crippen LogP contribution in [0.3, 0.4) is 0 Å². The van der Waals surface area contributed by atoms with Gasteiger partial charge >= 0.3 is 5.97 Å². The quantitative estimate of drug-likeness (QED) is 0.341. The van der Waals surface area contributed by atoms with Gasteiger partial charge in [0, 0.05) is 6.42 Å². The van der Waals surface area contributed by atoms with Crippen LogP contribution in [-0.2, 0) is 14.3 Å². The van der Waals surface area contributed by atoms with Gasteiger partial charge in [0.2, 0.25) is 0 Å². The molecule has 0 heterocycles. The van der Waals surface area contributed by atoms with E-state index in [4.69, 9.17) is 14.6 Å². The maximum absolute atomic E-state index is 10.9. The smallest absolute Gasteiger partial charge is 0.305 e. The van der Waals surface area contributed by atoms with Gasteiger partial charge in [0.15, 0.2) is 0 Å². The molecule has 0 aromatic heterocycles. The van der Waals surface area contributed by atoms with E-state index < -0.39 is 0 Å². The van der Waals surface area contributed by atoms with E-state index >= 15 is 0 Å². The number of ether oxygens (including phenoxy) is 2. The third kappa shape index (κ3) is 9.66. The molecule has 0 aromatic carbocycles. The fraction of sp³-hybridized carbons (Fsp3) is 0.875. The fourth-order valence-corrected chi connectivity index (χ4v) is 0.835. The molecule has 0 aromatic rings. The molecule has 0 spiro atoms. The zero-order valence-electron chi connectivity index (χ0n) is 7.57. The molecule has 0 aliphatic heterocycles. The Morgan fingerprint density at radius 2 is 2.08 bits per heavy atom. The Kier molecular flexibility index (Phi) is 9.63. The van der Waals surface area contributed by atoms with Crippen molar-refractivity contribution in [2.45, 2.75) is 12.8 Å². The number of rotatable bonds is 8. The number of carbonyl (C=O) groups excluding carboxylic acids is 1. The number of thiol groups is 1. The first-order chi connectivity index (χ1) is 6.31. The van der Waals surface area contributed by atoms with E-state index in [1.165, 1.54) is 0 Å². The lowest BCUT2D eigenvalue weighted by Gasteiger charge is -2.04. The predicted molar refractivity (Wildman–Crippen MR) is 52.0 cm³/mol. The van der Waals surface area contributed by atoms with E-state index in [0.29, 0.717) is 18.8 Å². The Morgan fingerprint density at radius 1 is 1.31 bits per heavy atom. The SMILES string of the molecule is O=C(CCCS)OCCOCCO. The Balaban J connectivity index is 3.08. The zero-order chi connectivity index (χ0) is 9.94. The number of hydrogen-bond donors (Lipinski definition) is 2. The highest BCUT2D eigenvalue weighted by molar-refractivity contribution is 7.80. The van der Waals surface area contributed by atoms with Crippen molar-refractivity contribution >= 4 is 18.6 Å². The first-order valence-corrected chi connectivity index (χ1v) is 4.89. The van der Waals surface area contributed by atoms with Gasteiger partial charge in [-0.1, -0.05) is 0 Å². The van der Waals surface area contributed by atoms with Gasteiger partial charge in [-0.05, 0) is 12.2 Å². The van der Waals surface area contributed by atoms with Crippen molar-refractivity contribution in [2.24, 2.45) is 0 Å². The minimum atomic E-state index is -0.221. The van der Waals surface area contributed by atoms with Gasteiger partial charge in [-0.3, -0.25) is 4.79 Å². The number of esters is 1. The molecule has 0 saturated carbocycles. The summed E-state index contributed by atoms with van der Waals surface area (Å²) in [6.07, 6.45) is 1.14. The first kappa shape index (κ1) is 12.7. The normalized spacial score (nSPS) is 10.0. The van der Waals surface area contributed by atoms with Gasteiger partial charge in [0.05, 0.1) is 19.8 Å². The van der Waals surface area contributed by atoms with Crippen LogP contribution in [0.1, 0.15) is 12.8 Å². The lowest BCUT2D eigenvalue weighted by molar-refractivity contribution is -0.145. The van der Waals surface area contributed by atoms with Gasteiger partial charge < -0.3 is 14.6 Å². The van der Waals surface area contributed by atoms with Crippen molar-refractivity contribution < 1.29 is 19.4 Å². The Bertz CT molecular complexity index is 129. The van der Waals surface area contributed by atoms with Crippen LogP contribution in [0.5, 0.6) is 0 Å². The van der Waals surface area contributed by atoms with E-state index in [9.17, 15) is 4.79 Å². The molecule has 78 valence electrons. The molecule has 5 heteroatoms. The maximum Gasteiger partial charge on any atom is 0.305 e. The van der Waals surface area contributed by atoms with Gasteiger partial charge in [-0.25, -0.2) is 0 Å². The van der Waals surface area contributed by atoms with Crippen LogP contribution in [0.2, 0.25) is 0 Å². The molecule has 0 saturated heterocycles. The zero-order valence-corrected chi connectivity index (χ0v) is 8.46. The van der Waals surface area contributed by atoms with Gasteiger partial charge in [-0.2, -0.15) is 12.6 Å². The largest absolute Gasteiger partial charge is 0.463 e. The van der Waals surface area contributed by atoms with Crippen LogP contribution in [-0.4, -0.2) is 43.3 Å². The summed E-state index contributed by atoms with van der Waals surface area (Å²) >= 11 is 3.97. The average Bonchev–Trinajstić information content (AvgIpc) is 2.14. The number of aliphatic hydroxyl groups excluding tert-OH is 1. The van der Waals surface area contributed by atoms with Crippen LogP contribution in [0, 0.1) is 0 Å². The number of hydrogen-bond acceptors (Lipinski definition) is 5. The van der Waals surface area contributed by atoms with Gasteiger partial charge in [-0.15, -0.1) is 0 Å². The fourth-order valence-electron chi connectivity index (χ4n) is 0.677. The molecular weight excluding hydrogens is 192 g/mol. The summed E-state index contributed by atoms with van der Waals surface area (Å²) in [7, 11) is 0. The van der Waals surface area contributed by atoms with Crippen LogP contribution in [0.4, 0.5) is 0 Å². The first-order valence-electron chi connectivity index (χ1n) is 4.26. The van der Waals surface area contributed by atoms with Crippen molar-refractivity contribution in [1.82, 2.24) is 0 Å². The Hall–Kier alpha value is -0.260. The van der Waals surface area contributed by atoms with Crippen LogP contribution in [0.15, 0.2) is 0 Å². The molecule has 1 N–H and O–H groups in total. The van der Waals surface area contributed by atoms with Crippen molar-refractivity contribution in [1.29, 1.82) is 0 Å². The van der Waals surface area contributed by atoms with E-state index in [1.54, 1.807) is 0 Å². The van der Waals surface area contributed by atoms with E-state index in [-0.39, 0.29) is 25.8 Å². The summed E-state index contributed by atoms with van der Waals surface area (Å²) in [6, 6.07) is 0. The molecule has 0 fully saturated rings. The number of aliphatic hydroxyl groups is 1. The van der Waals surface area contributed by atoms with Gasteiger partial charge in [0.25, 0.3) is 0 Å². The minimum absolute atomic E-state index is 0.00635. The van der Waals surface area contributed by atoms with Crippen molar-refractivity contribution in [2.75, 3.05) is 32.2 Å². The summed E-state index contributed by atoms with van der Waals surface area (Å²) in [5, 5.41) is 8.35. The molecule has 0 amide bonds. The topological polar surface area (TPSA) is 55.8 Å². The molecule has 4 nitrogen and oxygen atoms in total. The number of carbonyl (C=O) groups is 1. The summed E-state index contributed by atoms with van der Waals surface area (Å²) in [5.74, 6) is 0.470. The minimum Gasteiger partial charge on any atom is -0.463 e. The lowest BCUT2D eigenvalue weighted by Crippen LogP contribution is -2.11. The summed E-state index contributed by atoms with van der Waals surface area (Å²) in [6.45, 7) is 0.875. The standard InChI is InChI=1S/C8H16O4S/c9-3-4-11-5-6-12-8(10)2-1-7-13/h9,13H,1-7H2. The van der Waals surface area contributed by atoms with Crippen molar-refractivity contribution in [3.8, 4) is 0 Å². The Labute approximate surface area is 83.6 Å². The second-order valence-corrected chi connectivity index (χ2v) is 2.83. The molecule has 0 atom stereocenters. The predicted octanol–water partition coefficient (Wildman–Crippen LogP) is 0.248. The second-order valence-electron chi connectivity index (χ2n) is 2.38. The molecular formula is C8H16O4S. The third-order valence-corrected chi connectivity index (χ3v) is 1.58. The highest BCUT2D eigenvalue weighted by Crippen LogP contribution is 1.94. The molecule has 0 aliphatic rings. The maximum atomic E-state index is 10.9. The molecule has 0 radical (unpaired) electrons. The summed E-state index contributed by atoms with van der Waals surface area (Å²) in [4.78, 5) is 10.9. The van der Waals surface area contributed by atoms with Crippen LogP contribution >= 0.6 is 12.6 Å². The van der Waals surface area contributed by atoms with E-state index in [0.717, 1.165) is 6.42 Å². The van der Waals surface area contributed by atoms with Gasteiger partial charge in [0.1, 0.15) is 6.61 Å². The Morgan fingerprint density at radius 3 is 2.69 bits per heavy atom. The van der Waals surface area contributed by atoms with Crippen molar-refractivity contribution in [3.05, 3.63) is 0 Å². The monoisotopic (exact) mass is 208 g/mol. The molecule has 0 rings (SSSR count). The lowest BCUT2D eigenvalue weighted by atomic mass is 10.3.